The zero-order valence-electron chi connectivity index (χ0n) is 9.52. The second kappa shape index (κ2) is 4.63. The van der Waals surface area contributed by atoms with E-state index in [0.717, 1.165) is 12.1 Å². The summed E-state index contributed by atoms with van der Waals surface area (Å²) in [6.45, 7) is 0. The van der Waals surface area contributed by atoms with Gasteiger partial charge in [0.25, 0.3) is 5.69 Å². The van der Waals surface area contributed by atoms with Crippen molar-refractivity contribution < 1.29 is 18.1 Å². The van der Waals surface area contributed by atoms with Gasteiger partial charge < -0.3 is 10.7 Å². The van der Waals surface area contributed by atoms with E-state index >= 15 is 0 Å². The number of nitrogen functional groups attached to an aromatic ring is 1. The monoisotopic (exact) mass is 305 g/mol. The van der Waals surface area contributed by atoms with Crippen LogP contribution in [0.5, 0.6) is 0 Å². The first-order valence-corrected chi connectivity index (χ1v) is 5.86. The van der Waals surface area contributed by atoms with Crippen molar-refractivity contribution in [1.82, 2.24) is 4.98 Å². The lowest BCUT2D eigenvalue weighted by atomic mass is 10.1. The largest absolute Gasteiger partial charge is 0.432 e. The Kier molecular flexibility index (Phi) is 3.26. The van der Waals surface area contributed by atoms with Crippen LogP contribution in [0.25, 0.3) is 10.4 Å². The molecule has 0 aliphatic rings. The van der Waals surface area contributed by atoms with E-state index in [1.807, 2.05) is 0 Å². The first-order valence-electron chi connectivity index (χ1n) is 5.04. The van der Waals surface area contributed by atoms with Gasteiger partial charge in [-0.15, -0.1) is 0 Å². The molecule has 2 rings (SSSR count). The van der Waals surface area contributed by atoms with Gasteiger partial charge in [0.2, 0.25) is 0 Å². The van der Waals surface area contributed by atoms with E-state index in [-0.39, 0.29) is 11.3 Å². The average Bonchev–Trinajstić information content (AvgIpc) is 2.71. The van der Waals surface area contributed by atoms with Crippen LogP contribution in [0.15, 0.2) is 23.0 Å². The molecule has 20 heavy (non-hydrogen) atoms. The Hall–Kier alpha value is -2.36. The van der Waals surface area contributed by atoms with Gasteiger partial charge in [-0.3, -0.25) is 14.9 Å². The number of hydrogen-bond donors (Lipinski definition) is 2. The number of nitrogens with one attached hydrogen (secondary N) is 1. The SMILES string of the molecule is Nc1ccc(-c2sc(=O)[nH]c2C(F)(F)F)cc1[N+](=O)[O-]. The number of benzene rings is 1. The topological polar surface area (TPSA) is 102 Å². The van der Waals surface area contributed by atoms with Gasteiger partial charge in [0.1, 0.15) is 11.4 Å². The smallest absolute Gasteiger partial charge is 0.393 e. The molecular weight excluding hydrogens is 299 g/mol. The molecule has 6 nitrogen and oxygen atoms in total. The molecule has 2 aromatic rings. The van der Waals surface area contributed by atoms with Crippen LogP contribution in [0.3, 0.4) is 0 Å². The maximum atomic E-state index is 12.8. The van der Waals surface area contributed by atoms with Crippen LogP contribution in [-0.4, -0.2) is 9.91 Å². The van der Waals surface area contributed by atoms with Crippen molar-refractivity contribution in [1.29, 1.82) is 0 Å². The van der Waals surface area contributed by atoms with E-state index in [4.69, 9.17) is 5.73 Å². The summed E-state index contributed by atoms with van der Waals surface area (Å²) in [7, 11) is 0. The molecule has 3 N–H and O–H groups in total. The molecule has 0 bridgehead atoms. The molecule has 0 unspecified atom stereocenters. The number of nitro benzene ring substituents is 1. The molecule has 0 spiro atoms. The van der Waals surface area contributed by atoms with Gasteiger partial charge in [0.15, 0.2) is 0 Å². The lowest BCUT2D eigenvalue weighted by Gasteiger charge is -2.07. The van der Waals surface area contributed by atoms with Crippen molar-refractivity contribution in [2.75, 3.05) is 5.73 Å². The van der Waals surface area contributed by atoms with Crippen molar-refractivity contribution in [2.45, 2.75) is 6.18 Å². The zero-order chi connectivity index (χ0) is 15.1. The molecule has 0 fully saturated rings. The van der Waals surface area contributed by atoms with Crippen LogP contribution in [0, 0.1) is 10.1 Å². The number of hydrogen-bond acceptors (Lipinski definition) is 5. The van der Waals surface area contributed by atoms with E-state index < -0.39 is 32.2 Å². The maximum Gasteiger partial charge on any atom is 0.432 e. The Morgan fingerprint density at radius 3 is 2.55 bits per heavy atom. The fourth-order valence-electron chi connectivity index (χ4n) is 1.57. The summed E-state index contributed by atoms with van der Waals surface area (Å²) in [5, 5.41) is 10.7. The van der Waals surface area contributed by atoms with E-state index in [1.54, 1.807) is 4.98 Å². The van der Waals surface area contributed by atoms with Gasteiger partial charge in [-0.1, -0.05) is 17.4 Å². The van der Waals surface area contributed by atoms with Crippen molar-refractivity contribution in [2.24, 2.45) is 0 Å². The summed E-state index contributed by atoms with van der Waals surface area (Å²) in [6, 6.07) is 3.22. The van der Waals surface area contributed by atoms with Gasteiger partial charge in [0, 0.05) is 11.6 Å². The number of H-pyrrole nitrogens is 1. The van der Waals surface area contributed by atoms with Gasteiger partial charge in [-0.2, -0.15) is 13.2 Å². The molecule has 10 heteroatoms. The highest BCUT2D eigenvalue weighted by Gasteiger charge is 2.37. The number of aromatic nitrogens is 1. The summed E-state index contributed by atoms with van der Waals surface area (Å²) in [5.41, 5.74) is 3.35. The van der Waals surface area contributed by atoms with Crippen LogP contribution >= 0.6 is 11.3 Å². The van der Waals surface area contributed by atoms with Gasteiger partial charge >= 0.3 is 11.0 Å². The molecule has 106 valence electrons. The average molecular weight is 305 g/mol. The van der Waals surface area contributed by atoms with Crippen LogP contribution in [0.1, 0.15) is 5.69 Å². The van der Waals surface area contributed by atoms with Crippen LogP contribution in [0.2, 0.25) is 0 Å². The summed E-state index contributed by atoms with van der Waals surface area (Å²) in [6.07, 6.45) is -4.76. The highest BCUT2D eigenvalue weighted by atomic mass is 32.1. The summed E-state index contributed by atoms with van der Waals surface area (Å²) >= 11 is 0.326. The number of aromatic amines is 1. The second-order valence-electron chi connectivity index (χ2n) is 3.75. The van der Waals surface area contributed by atoms with Gasteiger partial charge in [-0.25, -0.2) is 0 Å². The van der Waals surface area contributed by atoms with Crippen molar-refractivity contribution in [3.05, 3.63) is 43.7 Å². The number of nitrogens with two attached hydrogens (primary N) is 1. The molecule has 0 atom stereocenters. The number of anilines is 1. The molecule has 1 aromatic carbocycles. The quantitative estimate of drug-likeness (QED) is 0.505. The minimum absolute atomic E-state index is 0.0958. The number of nitro groups is 1. The Bertz CT molecular complexity index is 735. The molecule has 1 heterocycles. The summed E-state index contributed by atoms with van der Waals surface area (Å²) < 4.78 is 38.3. The summed E-state index contributed by atoms with van der Waals surface area (Å²) in [5.74, 6) is 0. The third-order valence-corrected chi connectivity index (χ3v) is 3.35. The predicted octanol–water partition coefficient (Wildman–Crippen LogP) is 2.61. The second-order valence-corrected chi connectivity index (χ2v) is 4.73. The first-order chi connectivity index (χ1) is 9.20. The predicted molar refractivity (Wildman–Crippen MR) is 66.4 cm³/mol. The van der Waals surface area contributed by atoms with Crippen molar-refractivity contribution >= 4 is 22.7 Å². The normalized spacial score (nSPS) is 11.6. The molecule has 0 saturated heterocycles. The lowest BCUT2D eigenvalue weighted by Crippen LogP contribution is -2.09. The third-order valence-electron chi connectivity index (χ3n) is 2.42. The Morgan fingerprint density at radius 1 is 1.35 bits per heavy atom. The molecule has 0 amide bonds. The highest BCUT2D eigenvalue weighted by Crippen LogP contribution is 2.38. The lowest BCUT2D eigenvalue weighted by molar-refractivity contribution is -0.383. The Morgan fingerprint density at radius 2 is 2.00 bits per heavy atom. The minimum atomic E-state index is -4.76. The Balaban J connectivity index is 2.67. The molecule has 1 aromatic heterocycles. The fraction of sp³-hybridized carbons (Fsp3) is 0.100. The zero-order valence-corrected chi connectivity index (χ0v) is 10.3. The van der Waals surface area contributed by atoms with Crippen LogP contribution in [0.4, 0.5) is 24.5 Å². The molecule has 0 saturated carbocycles. The van der Waals surface area contributed by atoms with E-state index in [1.165, 1.54) is 6.07 Å². The van der Waals surface area contributed by atoms with Crippen LogP contribution < -0.4 is 10.6 Å². The molecule has 0 aliphatic heterocycles. The third kappa shape index (κ3) is 2.50. The van der Waals surface area contributed by atoms with Crippen molar-refractivity contribution in [3.63, 3.8) is 0 Å². The first kappa shape index (κ1) is 14.1. The molecule has 0 radical (unpaired) electrons. The number of nitrogens with zero attached hydrogens (tertiary/aromatic N) is 1. The van der Waals surface area contributed by atoms with Gasteiger partial charge in [0.05, 0.1) is 9.80 Å². The van der Waals surface area contributed by atoms with Gasteiger partial charge in [-0.05, 0) is 6.07 Å². The van der Waals surface area contributed by atoms with Crippen molar-refractivity contribution in [3.8, 4) is 10.4 Å². The van der Waals surface area contributed by atoms with E-state index in [0.29, 0.717) is 11.3 Å². The number of rotatable bonds is 2. The molecule has 0 aliphatic carbocycles. The number of alkyl halides is 3. The summed E-state index contributed by atoms with van der Waals surface area (Å²) in [4.78, 5) is 21.4. The van der Waals surface area contributed by atoms with E-state index in [9.17, 15) is 28.1 Å². The number of thiazole rings is 1. The number of halogens is 3. The highest BCUT2D eigenvalue weighted by molar-refractivity contribution is 7.13. The Labute approximate surface area is 112 Å². The molecular formula is C10H6F3N3O3S. The standard InChI is InChI=1S/C10H6F3N3O3S/c11-10(12,13)8-7(20-9(17)15-8)4-1-2-5(14)6(3-4)16(18)19/h1-3H,14H2,(H,15,17). The van der Waals surface area contributed by atoms with E-state index in [2.05, 4.69) is 0 Å². The van der Waals surface area contributed by atoms with Crippen LogP contribution in [-0.2, 0) is 6.18 Å². The minimum Gasteiger partial charge on any atom is -0.393 e. The fourth-order valence-corrected chi connectivity index (χ4v) is 2.43. The maximum absolute atomic E-state index is 12.8.